The second-order valence-electron chi connectivity index (χ2n) is 5.56. The number of hydrogen-bond acceptors (Lipinski definition) is 3. The fourth-order valence-electron chi connectivity index (χ4n) is 2.30. The summed E-state index contributed by atoms with van der Waals surface area (Å²) in [5.41, 5.74) is 0.0595. The highest BCUT2D eigenvalue weighted by Crippen LogP contribution is 2.42. The van der Waals surface area contributed by atoms with E-state index in [4.69, 9.17) is 4.74 Å². The summed E-state index contributed by atoms with van der Waals surface area (Å²) in [7, 11) is 1.74. The van der Waals surface area contributed by atoms with Crippen LogP contribution in [0.4, 0.5) is 0 Å². The van der Waals surface area contributed by atoms with Crippen molar-refractivity contribution in [3.8, 4) is 0 Å². The van der Waals surface area contributed by atoms with Crippen molar-refractivity contribution < 1.29 is 9.53 Å². The number of carbonyl (C=O) groups excluding carboxylic acids is 1. The highest BCUT2D eigenvalue weighted by molar-refractivity contribution is 5.78. The van der Waals surface area contributed by atoms with Gasteiger partial charge in [-0.3, -0.25) is 4.79 Å². The molecule has 2 fully saturated rings. The quantitative estimate of drug-likeness (QED) is 0.724. The Kier molecular flexibility index (Phi) is 3.22. The van der Waals surface area contributed by atoms with Crippen molar-refractivity contribution in [2.75, 3.05) is 13.7 Å². The maximum atomic E-state index is 11.6. The van der Waals surface area contributed by atoms with Crippen LogP contribution in [0.3, 0.4) is 0 Å². The highest BCUT2D eigenvalue weighted by Gasteiger charge is 2.49. The fourth-order valence-corrected chi connectivity index (χ4v) is 2.30. The lowest BCUT2D eigenvalue weighted by atomic mass is 9.64. The van der Waals surface area contributed by atoms with Crippen LogP contribution in [0.2, 0.25) is 0 Å². The van der Waals surface area contributed by atoms with Gasteiger partial charge in [0.1, 0.15) is 0 Å². The number of ether oxygens (including phenoxy) is 1. The molecule has 0 radical (unpaired) electrons. The lowest BCUT2D eigenvalue weighted by molar-refractivity contribution is -0.131. The van der Waals surface area contributed by atoms with Crippen LogP contribution >= 0.6 is 0 Å². The van der Waals surface area contributed by atoms with Crippen LogP contribution in [0.15, 0.2) is 0 Å². The van der Waals surface area contributed by atoms with E-state index in [0.29, 0.717) is 12.6 Å². The van der Waals surface area contributed by atoms with E-state index in [2.05, 4.69) is 24.5 Å². The van der Waals surface area contributed by atoms with Crippen molar-refractivity contribution in [3.63, 3.8) is 0 Å². The molecule has 0 bridgehead atoms. The van der Waals surface area contributed by atoms with Gasteiger partial charge >= 0.3 is 0 Å². The molecule has 0 aliphatic heterocycles. The van der Waals surface area contributed by atoms with Crippen molar-refractivity contribution in [2.45, 2.75) is 51.3 Å². The molecule has 16 heavy (non-hydrogen) atoms. The van der Waals surface area contributed by atoms with Gasteiger partial charge in [0, 0.05) is 24.6 Å². The third kappa shape index (κ3) is 2.38. The lowest BCUT2D eigenvalue weighted by Gasteiger charge is -2.51. The monoisotopic (exact) mass is 226 g/mol. The third-order valence-corrected chi connectivity index (χ3v) is 3.93. The van der Waals surface area contributed by atoms with Crippen molar-refractivity contribution >= 4 is 5.91 Å². The number of nitrogens with one attached hydrogen (secondary N) is 2. The molecular weight excluding hydrogens is 204 g/mol. The molecule has 0 aromatic rings. The maximum absolute atomic E-state index is 11.6. The standard InChI is InChI=1S/C12H22N2O2/c1-12(2)9(6-10(12)16-3)14-11(15)7-13-8-4-5-8/h8-10,13H,4-7H2,1-3H3,(H,14,15). The minimum atomic E-state index is 0.0595. The van der Waals surface area contributed by atoms with Crippen LogP contribution in [0.25, 0.3) is 0 Å². The molecule has 2 saturated carbocycles. The van der Waals surface area contributed by atoms with Gasteiger partial charge in [-0.2, -0.15) is 0 Å². The molecule has 2 aliphatic rings. The van der Waals surface area contributed by atoms with E-state index in [1.165, 1.54) is 12.8 Å². The van der Waals surface area contributed by atoms with Gasteiger partial charge in [0.15, 0.2) is 0 Å². The first-order chi connectivity index (χ1) is 7.54. The lowest BCUT2D eigenvalue weighted by Crippen LogP contribution is -2.62. The van der Waals surface area contributed by atoms with Crippen LogP contribution in [0.1, 0.15) is 33.1 Å². The zero-order valence-corrected chi connectivity index (χ0v) is 10.4. The Bertz CT molecular complexity index is 274. The highest BCUT2D eigenvalue weighted by atomic mass is 16.5. The van der Waals surface area contributed by atoms with E-state index in [1.807, 2.05) is 0 Å². The molecule has 2 aliphatic carbocycles. The first kappa shape index (κ1) is 11.9. The Labute approximate surface area is 97.1 Å². The molecule has 2 N–H and O–H groups in total. The summed E-state index contributed by atoms with van der Waals surface area (Å²) in [6, 6.07) is 0.845. The van der Waals surface area contributed by atoms with Crippen molar-refractivity contribution in [1.82, 2.24) is 10.6 Å². The molecule has 4 nitrogen and oxygen atoms in total. The average molecular weight is 226 g/mol. The second-order valence-corrected chi connectivity index (χ2v) is 5.56. The summed E-state index contributed by atoms with van der Waals surface area (Å²) < 4.78 is 5.35. The summed E-state index contributed by atoms with van der Waals surface area (Å²) >= 11 is 0. The SMILES string of the molecule is COC1CC(NC(=O)CNC2CC2)C1(C)C. The van der Waals surface area contributed by atoms with Crippen molar-refractivity contribution in [1.29, 1.82) is 0 Å². The fraction of sp³-hybridized carbons (Fsp3) is 0.917. The molecule has 2 rings (SSSR count). The third-order valence-electron chi connectivity index (χ3n) is 3.93. The van der Waals surface area contributed by atoms with Gasteiger partial charge in [-0.25, -0.2) is 0 Å². The molecule has 0 heterocycles. The van der Waals surface area contributed by atoms with Crippen molar-refractivity contribution in [3.05, 3.63) is 0 Å². The first-order valence-electron chi connectivity index (χ1n) is 6.09. The van der Waals surface area contributed by atoms with Crippen molar-refractivity contribution in [2.24, 2.45) is 5.41 Å². The van der Waals surface area contributed by atoms with E-state index in [9.17, 15) is 4.79 Å². The Morgan fingerprint density at radius 2 is 2.12 bits per heavy atom. The Balaban J connectivity index is 1.71. The van der Waals surface area contributed by atoms with E-state index < -0.39 is 0 Å². The summed E-state index contributed by atoms with van der Waals surface area (Å²) in [4.78, 5) is 11.6. The number of methoxy groups -OCH3 is 1. The molecule has 0 aromatic heterocycles. The number of carbonyl (C=O) groups is 1. The zero-order chi connectivity index (χ0) is 11.8. The van der Waals surface area contributed by atoms with Gasteiger partial charge in [-0.1, -0.05) is 13.8 Å². The summed E-state index contributed by atoms with van der Waals surface area (Å²) in [6.45, 7) is 4.74. The average Bonchev–Trinajstić information content (AvgIpc) is 3.04. The second kappa shape index (κ2) is 4.34. The number of hydrogen-bond donors (Lipinski definition) is 2. The van der Waals surface area contributed by atoms with Gasteiger partial charge in [0.05, 0.1) is 12.6 Å². The normalized spacial score (nSPS) is 31.9. The molecule has 0 spiro atoms. The van der Waals surface area contributed by atoms with Gasteiger partial charge < -0.3 is 15.4 Å². The van der Waals surface area contributed by atoms with E-state index >= 15 is 0 Å². The predicted octanol–water partition coefficient (Wildman–Crippen LogP) is 0.668. The molecule has 92 valence electrons. The van der Waals surface area contributed by atoms with Gasteiger partial charge in [-0.05, 0) is 19.3 Å². The van der Waals surface area contributed by atoms with Crippen LogP contribution in [-0.4, -0.2) is 37.7 Å². The molecule has 2 unspecified atom stereocenters. The van der Waals surface area contributed by atoms with Gasteiger partial charge in [-0.15, -0.1) is 0 Å². The minimum absolute atomic E-state index is 0.0595. The first-order valence-corrected chi connectivity index (χ1v) is 6.09. The van der Waals surface area contributed by atoms with Gasteiger partial charge in [0.25, 0.3) is 0 Å². The van der Waals surface area contributed by atoms with E-state index in [0.717, 1.165) is 6.42 Å². The molecule has 4 heteroatoms. The molecule has 0 saturated heterocycles. The number of rotatable bonds is 5. The predicted molar refractivity (Wildman–Crippen MR) is 62.2 cm³/mol. The minimum Gasteiger partial charge on any atom is -0.381 e. The topological polar surface area (TPSA) is 50.4 Å². The largest absolute Gasteiger partial charge is 0.381 e. The summed E-state index contributed by atoms with van der Waals surface area (Å²) in [5, 5.41) is 6.29. The van der Waals surface area contributed by atoms with E-state index in [1.54, 1.807) is 7.11 Å². The Hall–Kier alpha value is -0.610. The Morgan fingerprint density at radius 3 is 2.62 bits per heavy atom. The van der Waals surface area contributed by atoms with Gasteiger partial charge in [0.2, 0.25) is 5.91 Å². The zero-order valence-electron chi connectivity index (χ0n) is 10.4. The molecule has 2 atom stereocenters. The van der Waals surface area contributed by atoms with Crippen LogP contribution < -0.4 is 10.6 Å². The molecule has 0 aromatic carbocycles. The molecular formula is C12H22N2O2. The molecule has 1 amide bonds. The van der Waals surface area contributed by atoms with Crippen LogP contribution in [0, 0.1) is 5.41 Å². The maximum Gasteiger partial charge on any atom is 0.234 e. The Morgan fingerprint density at radius 1 is 1.44 bits per heavy atom. The number of amides is 1. The summed E-state index contributed by atoms with van der Waals surface area (Å²) in [6.07, 6.45) is 3.63. The van der Waals surface area contributed by atoms with E-state index in [-0.39, 0.29) is 23.5 Å². The smallest absolute Gasteiger partial charge is 0.234 e. The van der Waals surface area contributed by atoms with Crippen LogP contribution in [0.5, 0.6) is 0 Å². The van der Waals surface area contributed by atoms with Crippen LogP contribution in [-0.2, 0) is 9.53 Å². The summed E-state index contributed by atoms with van der Waals surface area (Å²) in [5.74, 6) is 0.111.